The van der Waals surface area contributed by atoms with Gasteiger partial charge in [-0.05, 0) is 18.6 Å². The molecule has 110 valence electrons. The van der Waals surface area contributed by atoms with Crippen molar-refractivity contribution >= 4 is 17.3 Å². The van der Waals surface area contributed by atoms with Gasteiger partial charge in [-0.25, -0.2) is 0 Å². The molecule has 2 N–H and O–H groups in total. The Morgan fingerprint density at radius 2 is 2.15 bits per heavy atom. The quantitative estimate of drug-likeness (QED) is 0.608. The lowest BCUT2D eigenvalue weighted by Gasteiger charge is -2.13. The van der Waals surface area contributed by atoms with E-state index in [2.05, 4.69) is 5.32 Å². The number of aliphatic hydroxyl groups excluding tert-OH is 1. The van der Waals surface area contributed by atoms with Gasteiger partial charge in [0.15, 0.2) is 0 Å². The lowest BCUT2D eigenvalue weighted by atomic mass is 10.1. The predicted octanol–water partition coefficient (Wildman–Crippen LogP) is 1.48. The molecule has 1 atom stereocenters. The second-order valence-electron chi connectivity index (χ2n) is 4.63. The zero-order chi connectivity index (χ0) is 15.3. The molecule has 0 fully saturated rings. The van der Waals surface area contributed by atoms with Crippen molar-refractivity contribution in [3.05, 3.63) is 33.9 Å². The van der Waals surface area contributed by atoms with Crippen LogP contribution in [0.2, 0.25) is 0 Å². The number of hydrogen-bond acceptors (Lipinski definition) is 5. The summed E-state index contributed by atoms with van der Waals surface area (Å²) in [4.78, 5) is 23.7. The molecule has 0 aliphatic heterocycles. The molecule has 0 saturated carbocycles. The summed E-state index contributed by atoms with van der Waals surface area (Å²) in [5.74, 6) is -0.298. The molecule has 0 aliphatic rings. The maximum Gasteiger partial charge on any atom is 0.293 e. The zero-order valence-electron chi connectivity index (χ0n) is 11.8. The first kappa shape index (κ1) is 15.9. The summed E-state index contributed by atoms with van der Waals surface area (Å²) in [5.41, 5.74) is 0.363. The zero-order valence-corrected chi connectivity index (χ0v) is 11.8. The van der Waals surface area contributed by atoms with Crippen molar-refractivity contribution in [3.8, 4) is 0 Å². The Kier molecular flexibility index (Phi) is 5.45. The number of nitro groups is 1. The first-order valence-corrected chi connectivity index (χ1v) is 6.28. The Morgan fingerprint density at radius 1 is 1.50 bits per heavy atom. The van der Waals surface area contributed by atoms with E-state index >= 15 is 0 Å². The minimum absolute atomic E-state index is 0.180. The summed E-state index contributed by atoms with van der Waals surface area (Å²) < 4.78 is 0. The van der Waals surface area contributed by atoms with E-state index in [1.165, 1.54) is 23.1 Å². The molecule has 0 aliphatic carbocycles. The third kappa shape index (κ3) is 3.92. The molecule has 1 rings (SSSR count). The number of nitro benzene ring substituents is 1. The molecule has 1 aromatic rings. The summed E-state index contributed by atoms with van der Waals surface area (Å²) in [6, 6.07) is 4.25. The number of aliphatic hydroxyl groups is 1. The average Bonchev–Trinajstić information content (AvgIpc) is 2.43. The van der Waals surface area contributed by atoms with Gasteiger partial charge in [0.2, 0.25) is 0 Å². The van der Waals surface area contributed by atoms with Crippen molar-refractivity contribution in [2.24, 2.45) is 0 Å². The van der Waals surface area contributed by atoms with Crippen molar-refractivity contribution in [3.63, 3.8) is 0 Å². The number of carbonyl (C=O) groups is 1. The second-order valence-corrected chi connectivity index (χ2v) is 4.63. The standard InChI is InChI=1S/C13H19N3O4/c1-4-10(17)8-14-11-6-5-9(13(18)15(2)3)7-12(11)16(19)20/h5-7,10,14,17H,4,8H2,1-3H3. The smallest absolute Gasteiger partial charge is 0.293 e. The van der Waals surface area contributed by atoms with E-state index in [-0.39, 0.29) is 29.4 Å². The van der Waals surface area contributed by atoms with Gasteiger partial charge < -0.3 is 15.3 Å². The fourth-order valence-electron chi connectivity index (χ4n) is 1.60. The van der Waals surface area contributed by atoms with Crippen LogP contribution in [0.5, 0.6) is 0 Å². The summed E-state index contributed by atoms with van der Waals surface area (Å²) in [7, 11) is 3.16. The fraction of sp³-hybridized carbons (Fsp3) is 0.462. The van der Waals surface area contributed by atoms with Gasteiger partial charge in [-0.15, -0.1) is 0 Å². The fourth-order valence-corrected chi connectivity index (χ4v) is 1.60. The topological polar surface area (TPSA) is 95.7 Å². The van der Waals surface area contributed by atoms with Gasteiger partial charge in [-0.2, -0.15) is 0 Å². The summed E-state index contributed by atoms with van der Waals surface area (Å²) in [6.45, 7) is 2.04. The van der Waals surface area contributed by atoms with E-state index in [0.717, 1.165) is 0 Å². The molecular weight excluding hydrogens is 262 g/mol. The molecular formula is C13H19N3O4. The molecule has 0 bridgehead atoms. The minimum atomic E-state index is -0.572. The molecule has 7 heteroatoms. The minimum Gasteiger partial charge on any atom is -0.391 e. The molecule has 0 radical (unpaired) electrons. The van der Waals surface area contributed by atoms with Crippen LogP contribution in [0.1, 0.15) is 23.7 Å². The molecule has 1 amide bonds. The van der Waals surface area contributed by atoms with Crippen LogP contribution >= 0.6 is 0 Å². The molecule has 1 aromatic carbocycles. The van der Waals surface area contributed by atoms with E-state index in [1.807, 2.05) is 6.92 Å². The number of carbonyl (C=O) groups excluding carboxylic acids is 1. The highest BCUT2D eigenvalue weighted by Crippen LogP contribution is 2.26. The van der Waals surface area contributed by atoms with Gasteiger partial charge in [0.05, 0.1) is 11.0 Å². The van der Waals surface area contributed by atoms with Crippen LogP contribution < -0.4 is 5.32 Å². The van der Waals surface area contributed by atoms with Gasteiger partial charge >= 0.3 is 0 Å². The Morgan fingerprint density at radius 3 is 2.65 bits per heavy atom. The van der Waals surface area contributed by atoms with Crippen LogP contribution in [0.25, 0.3) is 0 Å². The largest absolute Gasteiger partial charge is 0.391 e. The van der Waals surface area contributed by atoms with Crippen molar-refractivity contribution < 1.29 is 14.8 Å². The molecule has 0 spiro atoms. The van der Waals surface area contributed by atoms with Crippen LogP contribution in [0.4, 0.5) is 11.4 Å². The van der Waals surface area contributed by atoms with E-state index in [4.69, 9.17) is 0 Å². The number of nitrogens with zero attached hydrogens (tertiary/aromatic N) is 2. The Balaban J connectivity index is 3.02. The highest BCUT2D eigenvalue weighted by atomic mass is 16.6. The lowest BCUT2D eigenvalue weighted by Crippen LogP contribution is -2.22. The maximum absolute atomic E-state index is 11.8. The molecule has 20 heavy (non-hydrogen) atoms. The molecule has 1 unspecified atom stereocenters. The normalized spacial score (nSPS) is 11.8. The third-order valence-electron chi connectivity index (χ3n) is 2.85. The number of rotatable bonds is 6. The van der Waals surface area contributed by atoms with E-state index < -0.39 is 11.0 Å². The van der Waals surface area contributed by atoms with Crippen LogP contribution in [0.3, 0.4) is 0 Å². The van der Waals surface area contributed by atoms with Crippen molar-refractivity contribution in [1.29, 1.82) is 0 Å². The second kappa shape index (κ2) is 6.85. The van der Waals surface area contributed by atoms with E-state index in [9.17, 15) is 20.0 Å². The molecule has 0 heterocycles. The lowest BCUT2D eigenvalue weighted by molar-refractivity contribution is -0.384. The first-order chi connectivity index (χ1) is 9.36. The van der Waals surface area contributed by atoms with Crippen LogP contribution in [0.15, 0.2) is 18.2 Å². The highest BCUT2D eigenvalue weighted by molar-refractivity contribution is 5.95. The van der Waals surface area contributed by atoms with E-state index in [1.54, 1.807) is 14.1 Å². The van der Waals surface area contributed by atoms with Crippen LogP contribution in [-0.4, -0.2) is 47.6 Å². The molecule has 0 aromatic heterocycles. The van der Waals surface area contributed by atoms with Gasteiger partial charge in [0.25, 0.3) is 11.6 Å². The third-order valence-corrected chi connectivity index (χ3v) is 2.85. The maximum atomic E-state index is 11.8. The number of nitrogens with one attached hydrogen (secondary N) is 1. The van der Waals surface area contributed by atoms with Gasteiger partial charge in [0, 0.05) is 32.3 Å². The van der Waals surface area contributed by atoms with Crippen molar-refractivity contribution in [2.75, 3.05) is 26.0 Å². The SMILES string of the molecule is CCC(O)CNc1ccc(C(=O)N(C)C)cc1[N+](=O)[O-]. The summed E-state index contributed by atoms with van der Waals surface area (Å²) in [6.07, 6.45) is -0.0180. The number of anilines is 1. The Bertz CT molecular complexity index is 502. The van der Waals surface area contributed by atoms with Crippen molar-refractivity contribution in [2.45, 2.75) is 19.4 Å². The van der Waals surface area contributed by atoms with Crippen LogP contribution in [-0.2, 0) is 0 Å². The predicted molar refractivity (Wildman–Crippen MR) is 75.9 cm³/mol. The highest BCUT2D eigenvalue weighted by Gasteiger charge is 2.18. The van der Waals surface area contributed by atoms with E-state index in [0.29, 0.717) is 6.42 Å². The first-order valence-electron chi connectivity index (χ1n) is 6.28. The Hall–Kier alpha value is -2.15. The average molecular weight is 281 g/mol. The summed E-state index contributed by atoms with van der Waals surface area (Å²) in [5, 5.41) is 23.4. The van der Waals surface area contributed by atoms with Gasteiger partial charge in [-0.3, -0.25) is 14.9 Å². The Labute approximate surface area is 117 Å². The van der Waals surface area contributed by atoms with Crippen molar-refractivity contribution in [1.82, 2.24) is 4.90 Å². The number of amides is 1. The summed E-state index contributed by atoms with van der Waals surface area (Å²) >= 11 is 0. The molecule has 7 nitrogen and oxygen atoms in total. The van der Waals surface area contributed by atoms with Gasteiger partial charge in [-0.1, -0.05) is 6.92 Å². The number of hydrogen-bond donors (Lipinski definition) is 2. The van der Waals surface area contributed by atoms with Gasteiger partial charge in [0.1, 0.15) is 5.69 Å². The number of benzene rings is 1. The van der Waals surface area contributed by atoms with Crippen LogP contribution in [0, 0.1) is 10.1 Å². The molecule has 0 saturated heterocycles. The monoisotopic (exact) mass is 281 g/mol.